The standard InChI is InChI=1S/C26H27ClFN3O2/c1-5-10-31-23-13-21(28)18(11-19(23)16(2)14-26(31,3)4)12-22-24(32)30(25(33)29-22)15-17-8-6-7-9-20(17)27/h6-9,11-14H,5,10,15H2,1-4H3,(H,29,33)/b22-12+. The maximum atomic E-state index is 15.2. The Kier molecular flexibility index (Phi) is 6.06. The van der Waals surface area contributed by atoms with E-state index in [2.05, 4.69) is 37.1 Å². The summed E-state index contributed by atoms with van der Waals surface area (Å²) >= 11 is 6.18. The minimum Gasteiger partial charge on any atom is -0.362 e. The Bertz CT molecular complexity index is 1200. The second-order valence-electron chi connectivity index (χ2n) is 8.99. The molecule has 172 valence electrons. The average molecular weight is 468 g/mol. The fraction of sp³-hybridized carbons (Fsp3) is 0.308. The highest BCUT2D eigenvalue weighted by Crippen LogP contribution is 2.40. The highest BCUT2D eigenvalue weighted by molar-refractivity contribution is 6.31. The summed E-state index contributed by atoms with van der Waals surface area (Å²) in [6.45, 7) is 9.17. The van der Waals surface area contributed by atoms with Crippen molar-refractivity contribution in [3.8, 4) is 0 Å². The molecule has 7 heteroatoms. The molecule has 3 amide bonds. The van der Waals surface area contributed by atoms with Crippen LogP contribution in [-0.4, -0.2) is 28.9 Å². The Morgan fingerprint density at radius 1 is 1.18 bits per heavy atom. The molecular weight excluding hydrogens is 441 g/mol. The summed E-state index contributed by atoms with van der Waals surface area (Å²) < 4.78 is 15.2. The minimum absolute atomic E-state index is 0.0362. The van der Waals surface area contributed by atoms with E-state index >= 15 is 4.39 Å². The van der Waals surface area contributed by atoms with Crippen LogP contribution in [0, 0.1) is 5.82 Å². The van der Waals surface area contributed by atoms with Gasteiger partial charge < -0.3 is 10.2 Å². The summed E-state index contributed by atoms with van der Waals surface area (Å²) in [6, 6.07) is 9.74. The number of urea groups is 1. The summed E-state index contributed by atoms with van der Waals surface area (Å²) in [4.78, 5) is 28.6. The van der Waals surface area contributed by atoms with Gasteiger partial charge in [0, 0.05) is 28.4 Å². The molecule has 0 radical (unpaired) electrons. The zero-order valence-corrected chi connectivity index (χ0v) is 20.0. The number of hydrogen-bond donors (Lipinski definition) is 1. The summed E-state index contributed by atoms with van der Waals surface area (Å²) in [5, 5.41) is 3.04. The average Bonchev–Trinajstić information content (AvgIpc) is 3.00. The zero-order chi connectivity index (χ0) is 23.9. The molecule has 1 fully saturated rings. The smallest absolute Gasteiger partial charge is 0.329 e. The van der Waals surface area contributed by atoms with Crippen LogP contribution >= 0.6 is 11.6 Å². The van der Waals surface area contributed by atoms with Gasteiger partial charge in [0.2, 0.25) is 0 Å². The summed E-state index contributed by atoms with van der Waals surface area (Å²) in [5.74, 6) is -0.961. The third-order valence-electron chi connectivity index (χ3n) is 6.09. The van der Waals surface area contributed by atoms with E-state index < -0.39 is 17.8 Å². The molecule has 0 saturated carbocycles. The predicted molar refractivity (Wildman–Crippen MR) is 130 cm³/mol. The quantitative estimate of drug-likeness (QED) is 0.434. The lowest BCUT2D eigenvalue weighted by Gasteiger charge is -2.43. The molecule has 33 heavy (non-hydrogen) atoms. The highest BCUT2D eigenvalue weighted by atomic mass is 35.5. The van der Waals surface area contributed by atoms with Gasteiger partial charge in [-0.05, 0) is 62.6 Å². The molecule has 2 aromatic rings. The number of imide groups is 1. The first kappa shape index (κ1) is 23.1. The molecule has 0 bridgehead atoms. The van der Waals surface area contributed by atoms with Crippen LogP contribution < -0.4 is 10.2 Å². The van der Waals surface area contributed by atoms with Gasteiger partial charge in [-0.3, -0.25) is 9.69 Å². The Morgan fingerprint density at radius 2 is 1.91 bits per heavy atom. The Labute approximate surface area is 198 Å². The second kappa shape index (κ2) is 8.67. The van der Waals surface area contributed by atoms with Gasteiger partial charge in [-0.1, -0.05) is 42.8 Å². The van der Waals surface area contributed by atoms with E-state index in [1.165, 1.54) is 12.1 Å². The Balaban J connectivity index is 1.68. The lowest BCUT2D eigenvalue weighted by Crippen LogP contribution is -2.45. The molecule has 2 aliphatic rings. The van der Waals surface area contributed by atoms with Crippen LogP contribution in [0.5, 0.6) is 0 Å². The molecule has 1 saturated heterocycles. The molecule has 2 aromatic carbocycles. The normalized spacial score (nSPS) is 18.5. The van der Waals surface area contributed by atoms with E-state index in [9.17, 15) is 9.59 Å². The van der Waals surface area contributed by atoms with Crippen molar-refractivity contribution in [1.82, 2.24) is 10.2 Å². The topological polar surface area (TPSA) is 52.7 Å². The van der Waals surface area contributed by atoms with Crippen molar-refractivity contribution in [3.63, 3.8) is 0 Å². The van der Waals surface area contributed by atoms with Crippen molar-refractivity contribution >= 4 is 40.9 Å². The number of nitrogens with zero attached hydrogens (tertiary/aromatic N) is 2. The minimum atomic E-state index is -0.559. The number of amides is 3. The lowest BCUT2D eigenvalue weighted by molar-refractivity contribution is -0.123. The van der Waals surface area contributed by atoms with Crippen LogP contribution in [0.3, 0.4) is 0 Å². The largest absolute Gasteiger partial charge is 0.362 e. The van der Waals surface area contributed by atoms with E-state index in [0.717, 1.165) is 34.7 Å². The van der Waals surface area contributed by atoms with Crippen LogP contribution in [0.2, 0.25) is 5.02 Å². The Morgan fingerprint density at radius 3 is 2.61 bits per heavy atom. The zero-order valence-electron chi connectivity index (χ0n) is 19.2. The van der Waals surface area contributed by atoms with Gasteiger partial charge in [-0.25, -0.2) is 9.18 Å². The molecule has 5 nitrogen and oxygen atoms in total. The van der Waals surface area contributed by atoms with Crippen LogP contribution in [0.1, 0.15) is 50.8 Å². The van der Waals surface area contributed by atoms with Crippen molar-refractivity contribution < 1.29 is 14.0 Å². The van der Waals surface area contributed by atoms with Crippen molar-refractivity contribution in [3.05, 3.63) is 75.7 Å². The number of halogens is 2. The van der Waals surface area contributed by atoms with Gasteiger partial charge in [0.25, 0.3) is 5.91 Å². The van der Waals surface area contributed by atoms with Gasteiger partial charge in [0.15, 0.2) is 0 Å². The number of fused-ring (bicyclic) bond motifs is 1. The summed E-state index contributed by atoms with van der Waals surface area (Å²) in [6.07, 6.45) is 4.51. The van der Waals surface area contributed by atoms with Crippen LogP contribution in [0.15, 0.2) is 48.2 Å². The van der Waals surface area contributed by atoms with E-state index in [1.807, 2.05) is 6.92 Å². The second-order valence-corrected chi connectivity index (χ2v) is 9.40. The highest BCUT2D eigenvalue weighted by Gasteiger charge is 2.35. The summed E-state index contributed by atoms with van der Waals surface area (Å²) in [7, 11) is 0. The van der Waals surface area contributed by atoms with Gasteiger partial charge in [-0.2, -0.15) is 0 Å². The van der Waals surface area contributed by atoms with Crippen molar-refractivity contribution in [2.45, 2.75) is 46.2 Å². The van der Waals surface area contributed by atoms with E-state index in [-0.39, 0.29) is 23.3 Å². The van der Waals surface area contributed by atoms with Crippen LogP contribution in [0.4, 0.5) is 14.9 Å². The number of nitrogens with one attached hydrogen (secondary N) is 1. The van der Waals surface area contributed by atoms with Crippen LogP contribution in [0.25, 0.3) is 11.6 Å². The van der Waals surface area contributed by atoms with E-state index in [4.69, 9.17) is 11.6 Å². The molecule has 2 aliphatic heterocycles. The predicted octanol–water partition coefficient (Wildman–Crippen LogP) is 5.98. The van der Waals surface area contributed by atoms with Crippen molar-refractivity contribution in [2.24, 2.45) is 0 Å². The van der Waals surface area contributed by atoms with Crippen LogP contribution in [-0.2, 0) is 11.3 Å². The third-order valence-corrected chi connectivity index (χ3v) is 6.46. The first-order valence-electron chi connectivity index (χ1n) is 11.0. The number of anilines is 1. The third kappa shape index (κ3) is 4.27. The molecule has 2 heterocycles. The Hall–Kier alpha value is -3.12. The molecule has 1 N–H and O–H groups in total. The molecule has 0 unspecified atom stereocenters. The van der Waals surface area contributed by atoms with E-state index in [0.29, 0.717) is 10.6 Å². The van der Waals surface area contributed by atoms with E-state index in [1.54, 1.807) is 30.3 Å². The van der Waals surface area contributed by atoms with Crippen molar-refractivity contribution in [1.29, 1.82) is 0 Å². The first-order valence-corrected chi connectivity index (χ1v) is 11.4. The fourth-order valence-corrected chi connectivity index (χ4v) is 4.72. The number of hydrogen-bond acceptors (Lipinski definition) is 3. The monoisotopic (exact) mass is 467 g/mol. The lowest BCUT2D eigenvalue weighted by atomic mass is 9.87. The fourth-order valence-electron chi connectivity index (χ4n) is 4.53. The number of rotatable bonds is 5. The number of carbonyl (C=O) groups is 2. The van der Waals surface area contributed by atoms with Gasteiger partial charge >= 0.3 is 6.03 Å². The molecule has 0 aliphatic carbocycles. The van der Waals surface area contributed by atoms with Gasteiger partial charge in [0.1, 0.15) is 11.5 Å². The molecule has 0 aromatic heterocycles. The molecule has 0 atom stereocenters. The van der Waals surface area contributed by atoms with Crippen molar-refractivity contribution in [2.75, 3.05) is 11.4 Å². The first-order chi connectivity index (χ1) is 15.6. The SMILES string of the molecule is CCCN1c2cc(F)c(/C=C3/NC(=O)N(Cc4ccccc4Cl)C3=O)cc2C(C)=CC1(C)C. The van der Waals surface area contributed by atoms with Gasteiger partial charge in [-0.15, -0.1) is 0 Å². The molecule has 4 rings (SSSR count). The number of carbonyl (C=O) groups excluding carboxylic acids is 2. The van der Waals surface area contributed by atoms with Gasteiger partial charge in [0.05, 0.1) is 12.1 Å². The maximum Gasteiger partial charge on any atom is 0.329 e. The summed E-state index contributed by atoms with van der Waals surface area (Å²) in [5.41, 5.74) is 3.51. The molecule has 0 spiro atoms. The number of allylic oxidation sites excluding steroid dienone is 1. The molecular formula is C26H27ClFN3O2. The number of benzene rings is 2. The maximum absolute atomic E-state index is 15.2.